The topological polar surface area (TPSA) is 15.3 Å². The third kappa shape index (κ3) is 5.62. The normalized spacial score (nSPS) is 12.7. The Morgan fingerprint density at radius 2 is 1.90 bits per heavy atom. The molecule has 0 spiro atoms. The third-order valence-electron chi connectivity index (χ3n) is 3.77. The maximum absolute atomic E-state index is 3.60. The number of nitrogens with one attached hydrogen (secondary N) is 1. The standard InChI is InChI=1S/C18H26N2S/c1-3-19-18(16-8-5-4-6-9-16)12-14-20(2)13-11-17-10-7-15-21-17/h4-10,15,18-19H,3,11-14H2,1-2H3. The Balaban J connectivity index is 1.78. The molecule has 114 valence electrons. The van der Waals surface area contributed by atoms with E-state index in [0.29, 0.717) is 6.04 Å². The summed E-state index contributed by atoms with van der Waals surface area (Å²) < 4.78 is 0. The summed E-state index contributed by atoms with van der Waals surface area (Å²) >= 11 is 1.86. The Bertz CT molecular complexity index is 481. The molecule has 2 nitrogen and oxygen atoms in total. The maximum Gasteiger partial charge on any atom is 0.0332 e. The summed E-state index contributed by atoms with van der Waals surface area (Å²) in [4.78, 5) is 3.92. The van der Waals surface area contributed by atoms with Gasteiger partial charge in [-0.3, -0.25) is 0 Å². The van der Waals surface area contributed by atoms with Crippen LogP contribution < -0.4 is 5.32 Å². The van der Waals surface area contributed by atoms with Gasteiger partial charge in [-0.05, 0) is 50.0 Å². The fraction of sp³-hybridized carbons (Fsp3) is 0.444. The van der Waals surface area contributed by atoms with E-state index in [9.17, 15) is 0 Å². The van der Waals surface area contributed by atoms with Crippen molar-refractivity contribution < 1.29 is 0 Å². The van der Waals surface area contributed by atoms with Gasteiger partial charge in [0.15, 0.2) is 0 Å². The van der Waals surface area contributed by atoms with Crippen molar-refractivity contribution in [3.63, 3.8) is 0 Å². The SMILES string of the molecule is CCNC(CCN(C)CCc1cccs1)c1ccccc1. The van der Waals surface area contributed by atoms with Crippen LogP contribution in [-0.2, 0) is 6.42 Å². The van der Waals surface area contributed by atoms with Crippen molar-refractivity contribution in [2.45, 2.75) is 25.8 Å². The molecule has 0 aliphatic carbocycles. The predicted octanol–water partition coefficient (Wildman–Crippen LogP) is 3.96. The van der Waals surface area contributed by atoms with Gasteiger partial charge < -0.3 is 10.2 Å². The molecule has 2 rings (SSSR count). The number of benzene rings is 1. The molecular formula is C18H26N2S. The molecule has 1 unspecified atom stereocenters. The predicted molar refractivity (Wildman–Crippen MR) is 93.0 cm³/mol. The van der Waals surface area contributed by atoms with E-state index in [0.717, 1.165) is 32.5 Å². The largest absolute Gasteiger partial charge is 0.310 e. The number of rotatable bonds is 9. The minimum absolute atomic E-state index is 0.459. The zero-order valence-electron chi connectivity index (χ0n) is 13.1. The minimum Gasteiger partial charge on any atom is -0.310 e. The number of likely N-dealkylation sites (N-methyl/N-ethyl adjacent to an activating group) is 1. The first-order valence-corrected chi connectivity index (χ1v) is 8.66. The van der Waals surface area contributed by atoms with Crippen molar-refractivity contribution in [3.8, 4) is 0 Å². The van der Waals surface area contributed by atoms with Gasteiger partial charge in [-0.25, -0.2) is 0 Å². The van der Waals surface area contributed by atoms with Crippen LogP contribution in [0, 0.1) is 0 Å². The lowest BCUT2D eigenvalue weighted by Crippen LogP contribution is -2.28. The Kier molecular flexibility index (Phi) is 6.93. The fourth-order valence-corrected chi connectivity index (χ4v) is 3.23. The lowest BCUT2D eigenvalue weighted by Gasteiger charge is -2.22. The van der Waals surface area contributed by atoms with Gasteiger partial charge in [0.25, 0.3) is 0 Å². The van der Waals surface area contributed by atoms with E-state index < -0.39 is 0 Å². The van der Waals surface area contributed by atoms with E-state index in [1.807, 2.05) is 11.3 Å². The molecule has 1 atom stereocenters. The van der Waals surface area contributed by atoms with Gasteiger partial charge in [0.05, 0.1) is 0 Å². The second kappa shape index (κ2) is 8.98. The molecule has 0 aliphatic rings. The van der Waals surface area contributed by atoms with E-state index in [1.165, 1.54) is 10.4 Å². The van der Waals surface area contributed by atoms with Crippen molar-refractivity contribution in [3.05, 3.63) is 58.3 Å². The lowest BCUT2D eigenvalue weighted by molar-refractivity contribution is 0.312. The highest BCUT2D eigenvalue weighted by atomic mass is 32.1. The first-order chi connectivity index (χ1) is 10.3. The summed E-state index contributed by atoms with van der Waals surface area (Å²) in [5, 5.41) is 5.76. The third-order valence-corrected chi connectivity index (χ3v) is 4.71. The molecular weight excluding hydrogens is 276 g/mol. The van der Waals surface area contributed by atoms with Crippen molar-refractivity contribution in [2.75, 3.05) is 26.7 Å². The number of hydrogen-bond donors (Lipinski definition) is 1. The molecule has 1 N–H and O–H groups in total. The van der Waals surface area contributed by atoms with Crippen molar-refractivity contribution in [2.24, 2.45) is 0 Å². The molecule has 1 aromatic carbocycles. The van der Waals surface area contributed by atoms with Crippen LogP contribution in [0.3, 0.4) is 0 Å². The smallest absolute Gasteiger partial charge is 0.0332 e. The van der Waals surface area contributed by atoms with Gasteiger partial charge >= 0.3 is 0 Å². The Labute approximate surface area is 132 Å². The van der Waals surface area contributed by atoms with E-state index in [2.05, 4.69) is 72.0 Å². The van der Waals surface area contributed by atoms with E-state index >= 15 is 0 Å². The summed E-state index contributed by atoms with van der Waals surface area (Å²) in [6.45, 7) is 5.45. The average molecular weight is 302 g/mol. The lowest BCUT2D eigenvalue weighted by atomic mass is 10.0. The van der Waals surface area contributed by atoms with Gasteiger partial charge in [0, 0.05) is 17.5 Å². The van der Waals surface area contributed by atoms with Crippen LogP contribution in [0.1, 0.15) is 29.8 Å². The molecule has 0 aliphatic heterocycles. The molecule has 1 heterocycles. The summed E-state index contributed by atoms with van der Waals surface area (Å²) in [7, 11) is 2.22. The van der Waals surface area contributed by atoms with Crippen molar-refractivity contribution in [1.82, 2.24) is 10.2 Å². The molecule has 1 aromatic heterocycles. The molecule has 0 amide bonds. The minimum atomic E-state index is 0.459. The van der Waals surface area contributed by atoms with E-state index in [4.69, 9.17) is 0 Å². The zero-order chi connectivity index (χ0) is 14.9. The highest BCUT2D eigenvalue weighted by Crippen LogP contribution is 2.17. The summed E-state index contributed by atoms with van der Waals surface area (Å²) in [6, 6.07) is 15.6. The maximum atomic E-state index is 3.60. The Hall–Kier alpha value is -1.16. The van der Waals surface area contributed by atoms with Gasteiger partial charge in [0.1, 0.15) is 0 Å². The van der Waals surface area contributed by atoms with Crippen molar-refractivity contribution in [1.29, 1.82) is 0 Å². The van der Waals surface area contributed by atoms with E-state index in [-0.39, 0.29) is 0 Å². The second-order valence-electron chi connectivity index (χ2n) is 5.44. The van der Waals surface area contributed by atoms with Crippen LogP contribution in [0.5, 0.6) is 0 Å². The monoisotopic (exact) mass is 302 g/mol. The fourth-order valence-electron chi connectivity index (χ4n) is 2.54. The van der Waals surface area contributed by atoms with Gasteiger partial charge in [0.2, 0.25) is 0 Å². The number of nitrogens with zero attached hydrogens (tertiary/aromatic N) is 1. The highest BCUT2D eigenvalue weighted by Gasteiger charge is 2.11. The Morgan fingerprint density at radius 3 is 2.57 bits per heavy atom. The van der Waals surface area contributed by atoms with Crippen LogP contribution in [0.4, 0.5) is 0 Å². The zero-order valence-corrected chi connectivity index (χ0v) is 13.9. The molecule has 0 fully saturated rings. The van der Waals surface area contributed by atoms with Crippen LogP contribution in [-0.4, -0.2) is 31.6 Å². The number of thiophene rings is 1. The molecule has 21 heavy (non-hydrogen) atoms. The Morgan fingerprint density at radius 1 is 1.10 bits per heavy atom. The quantitative estimate of drug-likeness (QED) is 0.754. The van der Waals surface area contributed by atoms with Crippen LogP contribution in [0.2, 0.25) is 0 Å². The summed E-state index contributed by atoms with van der Waals surface area (Å²) in [5.41, 5.74) is 1.39. The van der Waals surface area contributed by atoms with Crippen molar-refractivity contribution >= 4 is 11.3 Å². The summed E-state index contributed by atoms with van der Waals surface area (Å²) in [6.07, 6.45) is 2.31. The average Bonchev–Trinajstić information content (AvgIpc) is 3.03. The summed E-state index contributed by atoms with van der Waals surface area (Å²) in [5.74, 6) is 0. The van der Waals surface area contributed by atoms with Gasteiger partial charge in [-0.2, -0.15) is 0 Å². The van der Waals surface area contributed by atoms with Crippen LogP contribution >= 0.6 is 11.3 Å². The first-order valence-electron chi connectivity index (χ1n) is 7.79. The number of hydrogen-bond acceptors (Lipinski definition) is 3. The molecule has 0 saturated heterocycles. The molecule has 0 radical (unpaired) electrons. The second-order valence-corrected chi connectivity index (χ2v) is 6.47. The molecule has 0 bridgehead atoms. The molecule has 2 aromatic rings. The van der Waals surface area contributed by atoms with Gasteiger partial charge in [-0.1, -0.05) is 43.3 Å². The van der Waals surface area contributed by atoms with Gasteiger partial charge in [-0.15, -0.1) is 11.3 Å². The van der Waals surface area contributed by atoms with Crippen LogP contribution in [0.25, 0.3) is 0 Å². The molecule has 3 heteroatoms. The molecule has 0 saturated carbocycles. The van der Waals surface area contributed by atoms with E-state index in [1.54, 1.807) is 0 Å². The van der Waals surface area contributed by atoms with Crippen LogP contribution in [0.15, 0.2) is 47.8 Å². The first kappa shape index (κ1) is 16.2. The highest BCUT2D eigenvalue weighted by molar-refractivity contribution is 7.09.